The highest BCUT2D eigenvalue weighted by Crippen LogP contribution is 2.31. The van der Waals surface area contributed by atoms with Gasteiger partial charge in [-0.15, -0.1) is 6.58 Å². The first-order chi connectivity index (χ1) is 8.95. The summed E-state index contributed by atoms with van der Waals surface area (Å²) in [6, 6.07) is 5.64. The van der Waals surface area contributed by atoms with Crippen molar-refractivity contribution in [1.29, 1.82) is 0 Å². The SMILES string of the molecule is C=CCN(C)CCNCc1ccccc1C(F)(F)F. The van der Waals surface area contributed by atoms with Crippen LogP contribution in [0.15, 0.2) is 36.9 Å². The van der Waals surface area contributed by atoms with Crippen molar-refractivity contribution in [2.45, 2.75) is 12.7 Å². The van der Waals surface area contributed by atoms with Crippen molar-refractivity contribution >= 4 is 0 Å². The quantitative estimate of drug-likeness (QED) is 0.606. The Labute approximate surface area is 111 Å². The fourth-order valence-electron chi connectivity index (χ4n) is 1.76. The maximum Gasteiger partial charge on any atom is 0.416 e. The van der Waals surface area contributed by atoms with Gasteiger partial charge in [0.15, 0.2) is 0 Å². The van der Waals surface area contributed by atoms with Gasteiger partial charge in [0.2, 0.25) is 0 Å². The second-order valence-corrected chi connectivity index (χ2v) is 4.38. The zero-order valence-electron chi connectivity index (χ0n) is 11.0. The Morgan fingerprint density at radius 3 is 2.63 bits per heavy atom. The summed E-state index contributed by atoms with van der Waals surface area (Å²) in [5.74, 6) is 0. The van der Waals surface area contributed by atoms with Crippen LogP contribution in [0.2, 0.25) is 0 Å². The minimum absolute atomic E-state index is 0.220. The van der Waals surface area contributed by atoms with Gasteiger partial charge in [-0.3, -0.25) is 0 Å². The van der Waals surface area contributed by atoms with E-state index < -0.39 is 11.7 Å². The molecule has 0 heterocycles. The third-order valence-corrected chi connectivity index (χ3v) is 2.75. The molecule has 0 saturated carbocycles. The standard InChI is InChI=1S/C14H19F3N2/c1-3-9-19(2)10-8-18-11-12-6-4-5-7-13(12)14(15,16)17/h3-7,18H,1,8-11H2,2H3. The number of hydrogen-bond acceptors (Lipinski definition) is 2. The lowest BCUT2D eigenvalue weighted by atomic mass is 10.1. The van der Waals surface area contributed by atoms with Crippen molar-refractivity contribution < 1.29 is 13.2 Å². The molecule has 106 valence electrons. The van der Waals surface area contributed by atoms with Gasteiger partial charge in [0.25, 0.3) is 0 Å². The van der Waals surface area contributed by atoms with E-state index in [1.165, 1.54) is 12.1 Å². The molecule has 0 amide bonds. The number of nitrogens with one attached hydrogen (secondary N) is 1. The van der Waals surface area contributed by atoms with Crippen LogP contribution in [0, 0.1) is 0 Å². The molecule has 0 aromatic heterocycles. The lowest BCUT2D eigenvalue weighted by Gasteiger charge is -2.16. The van der Waals surface area contributed by atoms with E-state index in [1.807, 2.05) is 11.9 Å². The Morgan fingerprint density at radius 1 is 1.32 bits per heavy atom. The van der Waals surface area contributed by atoms with E-state index in [-0.39, 0.29) is 12.1 Å². The van der Waals surface area contributed by atoms with Gasteiger partial charge in [0.05, 0.1) is 5.56 Å². The van der Waals surface area contributed by atoms with Crippen LogP contribution < -0.4 is 5.32 Å². The Bertz CT molecular complexity index is 402. The number of hydrogen-bond donors (Lipinski definition) is 1. The Balaban J connectivity index is 2.48. The van der Waals surface area contributed by atoms with Crippen LogP contribution >= 0.6 is 0 Å². The number of rotatable bonds is 7. The van der Waals surface area contributed by atoms with Crippen molar-refractivity contribution in [2.24, 2.45) is 0 Å². The number of alkyl halides is 3. The van der Waals surface area contributed by atoms with E-state index >= 15 is 0 Å². The van der Waals surface area contributed by atoms with Crippen LogP contribution in [0.4, 0.5) is 13.2 Å². The van der Waals surface area contributed by atoms with Crippen molar-refractivity contribution in [3.05, 3.63) is 48.0 Å². The molecule has 0 aliphatic rings. The molecule has 2 nitrogen and oxygen atoms in total. The summed E-state index contributed by atoms with van der Waals surface area (Å²) in [6.45, 7) is 6.01. The van der Waals surface area contributed by atoms with Gasteiger partial charge in [-0.2, -0.15) is 13.2 Å². The van der Waals surface area contributed by atoms with Crippen LogP contribution in [0.5, 0.6) is 0 Å². The summed E-state index contributed by atoms with van der Waals surface area (Å²) in [7, 11) is 1.94. The molecule has 19 heavy (non-hydrogen) atoms. The number of likely N-dealkylation sites (N-methyl/N-ethyl adjacent to an activating group) is 1. The maximum atomic E-state index is 12.7. The molecule has 0 aliphatic heterocycles. The summed E-state index contributed by atoms with van der Waals surface area (Å²) in [4.78, 5) is 2.04. The van der Waals surface area contributed by atoms with Crippen molar-refractivity contribution in [1.82, 2.24) is 10.2 Å². The molecule has 0 fully saturated rings. The lowest BCUT2D eigenvalue weighted by Crippen LogP contribution is -2.29. The molecule has 1 N–H and O–H groups in total. The molecule has 5 heteroatoms. The van der Waals surface area contributed by atoms with Crippen LogP contribution in [0.3, 0.4) is 0 Å². The largest absolute Gasteiger partial charge is 0.416 e. The van der Waals surface area contributed by atoms with Gasteiger partial charge in [0.1, 0.15) is 0 Å². The molecular weight excluding hydrogens is 253 g/mol. The van der Waals surface area contributed by atoms with Crippen LogP contribution in [0.1, 0.15) is 11.1 Å². The van der Waals surface area contributed by atoms with Crippen LogP contribution in [0.25, 0.3) is 0 Å². The number of halogens is 3. The highest BCUT2D eigenvalue weighted by atomic mass is 19.4. The first-order valence-electron chi connectivity index (χ1n) is 6.10. The van der Waals surface area contributed by atoms with Gasteiger partial charge < -0.3 is 10.2 Å². The molecular formula is C14H19F3N2. The van der Waals surface area contributed by atoms with E-state index in [2.05, 4.69) is 11.9 Å². The summed E-state index contributed by atoms with van der Waals surface area (Å²) in [5.41, 5.74) is -0.289. The van der Waals surface area contributed by atoms with E-state index in [4.69, 9.17) is 0 Å². The highest BCUT2D eigenvalue weighted by molar-refractivity contribution is 5.29. The molecule has 0 bridgehead atoms. The average Bonchev–Trinajstić information content (AvgIpc) is 2.34. The molecule has 0 spiro atoms. The number of benzene rings is 1. The summed E-state index contributed by atoms with van der Waals surface area (Å²) >= 11 is 0. The molecule has 0 unspecified atom stereocenters. The van der Waals surface area contributed by atoms with Crippen LogP contribution in [-0.4, -0.2) is 31.6 Å². The smallest absolute Gasteiger partial charge is 0.311 e. The normalized spacial score (nSPS) is 11.8. The Kier molecular flexibility index (Phi) is 6.05. The minimum Gasteiger partial charge on any atom is -0.311 e. The molecule has 0 radical (unpaired) electrons. The first kappa shape index (κ1) is 15.7. The van der Waals surface area contributed by atoms with E-state index in [9.17, 15) is 13.2 Å². The molecule has 1 aromatic carbocycles. The van der Waals surface area contributed by atoms with Crippen molar-refractivity contribution in [3.8, 4) is 0 Å². The summed E-state index contributed by atoms with van der Waals surface area (Å²) in [5, 5.41) is 3.03. The summed E-state index contributed by atoms with van der Waals surface area (Å²) in [6.07, 6.45) is -2.50. The minimum atomic E-state index is -4.29. The van der Waals surface area contributed by atoms with Gasteiger partial charge in [-0.05, 0) is 18.7 Å². The topological polar surface area (TPSA) is 15.3 Å². The fraction of sp³-hybridized carbons (Fsp3) is 0.429. The zero-order valence-corrected chi connectivity index (χ0v) is 11.0. The monoisotopic (exact) mass is 272 g/mol. The predicted octanol–water partition coefficient (Wildman–Crippen LogP) is 2.91. The van der Waals surface area contributed by atoms with E-state index in [1.54, 1.807) is 12.1 Å². The lowest BCUT2D eigenvalue weighted by molar-refractivity contribution is -0.138. The zero-order chi connectivity index (χ0) is 14.3. The predicted molar refractivity (Wildman–Crippen MR) is 70.8 cm³/mol. The second kappa shape index (κ2) is 7.31. The molecule has 0 aliphatic carbocycles. The van der Waals surface area contributed by atoms with Crippen LogP contribution in [-0.2, 0) is 12.7 Å². The van der Waals surface area contributed by atoms with Crippen molar-refractivity contribution in [3.63, 3.8) is 0 Å². The number of nitrogens with zero attached hydrogens (tertiary/aromatic N) is 1. The van der Waals surface area contributed by atoms with E-state index in [0.29, 0.717) is 6.54 Å². The first-order valence-corrected chi connectivity index (χ1v) is 6.10. The Morgan fingerprint density at radius 2 is 2.00 bits per heavy atom. The fourth-order valence-corrected chi connectivity index (χ4v) is 1.76. The van der Waals surface area contributed by atoms with Gasteiger partial charge >= 0.3 is 6.18 Å². The van der Waals surface area contributed by atoms with Gasteiger partial charge in [-0.1, -0.05) is 24.3 Å². The maximum absolute atomic E-state index is 12.7. The molecule has 0 atom stereocenters. The average molecular weight is 272 g/mol. The molecule has 0 saturated heterocycles. The highest BCUT2D eigenvalue weighted by Gasteiger charge is 2.32. The molecule has 1 rings (SSSR count). The Hall–Kier alpha value is -1.33. The second-order valence-electron chi connectivity index (χ2n) is 4.38. The third kappa shape index (κ3) is 5.44. The van der Waals surface area contributed by atoms with Gasteiger partial charge in [0, 0.05) is 26.2 Å². The third-order valence-electron chi connectivity index (χ3n) is 2.75. The van der Waals surface area contributed by atoms with Gasteiger partial charge in [-0.25, -0.2) is 0 Å². The van der Waals surface area contributed by atoms with E-state index in [0.717, 1.165) is 19.2 Å². The summed E-state index contributed by atoms with van der Waals surface area (Å²) < 4.78 is 38.2. The van der Waals surface area contributed by atoms with Crippen molar-refractivity contribution in [2.75, 3.05) is 26.7 Å². The molecule has 1 aromatic rings.